The van der Waals surface area contributed by atoms with Gasteiger partial charge in [0, 0.05) is 35.8 Å². The lowest BCUT2D eigenvalue weighted by Crippen LogP contribution is -2.55. The lowest BCUT2D eigenvalue weighted by Gasteiger charge is -2.36. The van der Waals surface area contributed by atoms with Gasteiger partial charge < -0.3 is 10.6 Å². The standard InChI is InChI=1S/C25H29ClFN3O4S/c26-19-9-13-21(14-10-19)35(33,34)30-15-3-4-18(16-30)25(32)29-23-6-2-1-5-22(23)28-24(31)17-7-11-20(27)12-8-17/h7-14,18,22-23H,1-6,15-16H2,(H,28,31)(H,29,32)/t18-,22+,23+/m0/s1. The molecule has 1 saturated heterocycles. The van der Waals surface area contributed by atoms with Gasteiger partial charge in [-0.1, -0.05) is 24.4 Å². The van der Waals surface area contributed by atoms with E-state index in [1.807, 2.05) is 0 Å². The molecule has 1 heterocycles. The van der Waals surface area contributed by atoms with Crippen LogP contribution in [0.5, 0.6) is 0 Å². The maximum absolute atomic E-state index is 13.2. The second-order valence-electron chi connectivity index (χ2n) is 9.14. The molecule has 0 unspecified atom stereocenters. The average Bonchev–Trinajstić information content (AvgIpc) is 2.86. The van der Waals surface area contributed by atoms with E-state index in [9.17, 15) is 22.4 Å². The fourth-order valence-corrected chi connectivity index (χ4v) is 6.41. The molecular formula is C25H29ClFN3O4S. The molecule has 0 spiro atoms. The van der Waals surface area contributed by atoms with Gasteiger partial charge in [-0.3, -0.25) is 9.59 Å². The minimum atomic E-state index is -3.73. The summed E-state index contributed by atoms with van der Waals surface area (Å²) in [5.41, 5.74) is 0.359. The number of benzene rings is 2. The number of nitrogens with zero attached hydrogens (tertiary/aromatic N) is 1. The number of carbonyl (C=O) groups is 2. The van der Waals surface area contributed by atoms with Crippen LogP contribution in [0.3, 0.4) is 0 Å². The Bertz CT molecular complexity index is 1160. The average molecular weight is 522 g/mol. The van der Waals surface area contributed by atoms with Crippen molar-refractivity contribution < 1.29 is 22.4 Å². The number of amides is 2. The summed E-state index contributed by atoms with van der Waals surface area (Å²) >= 11 is 5.89. The van der Waals surface area contributed by atoms with Crippen LogP contribution < -0.4 is 10.6 Å². The van der Waals surface area contributed by atoms with E-state index >= 15 is 0 Å². The van der Waals surface area contributed by atoms with Crippen molar-refractivity contribution in [1.29, 1.82) is 0 Å². The minimum Gasteiger partial charge on any atom is -0.351 e. The van der Waals surface area contributed by atoms with Crippen molar-refractivity contribution in [2.45, 2.75) is 55.5 Å². The predicted octanol–water partition coefficient (Wildman–Crippen LogP) is 3.74. The fourth-order valence-electron chi connectivity index (χ4n) is 4.76. The van der Waals surface area contributed by atoms with E-state index in [1.165, 1.54) is 52.8 Å². The molecule has 1 saturated carbocycles. The number of sulfonamides is 1. The number of carbonyl (C=O) groups excluding carboxylic acids is 2. The third-order valence-electron chi connectivity index (χ3n) is 6.72. The molecule has 4 rings (SSSR count). The topological polar surface area (TPSA) is 95.6 Å². The molecular weight excluding hydrogens is 493 g/mol. The number of rotatable bonds is 6. The maximum atomic E-state index is 13.2. The zero-order chi connectivity index (χ0) is 25.0. The van der Waals surface area contributed by atoms with Crippen LogP contribution in [0.25, 0.3) is 0 Å². The summed E-state index contributed by atoms with van der Waals surface area (Å²) in [5.74, 6) is -1.40. The van der Waals surface area contributed by atoms with Crippen LogP contribution in [-0.2, 0) is 14.8 Å². The Kier molecular flexibility index (Phi) is 8.09. The smallest absolute Gasteiger partial charge is 0.251 e. The molecule has 0 radical (unpaired) electrons. The van der Waals surface area contributed by atoms with Gasteiger partial charge in [-0.2, -0.15) is 4.31 Å². The quantitative estimate of drug-likeness (QED) is 0.605. The van der Waals surface area contributed by atoms with Crippen LogP contribution in [-0.4, -0.2) is 49.7 Å². The molecule has 3 atom stereocenters. The molecule has 2 fully saturated rings. The van der Waals surface area contributed by atoms with Crippen LogP contribution >= 0.6 is 11.6 Å². The van der Waals surface area contributed by atoms with Crippen molar-refractivity contribution in [3.63, 3.8) is 0 Å². The van der Waals surface area contributed by atoms with Crippen LogP contribution in [0.15, 0.2) is 53.4 Å². The Balaban J connectivity index is 1.39. The van der Waals surface area contributed by atoms with Gasteiger partial charge in [0.05, 0.1) is 10.8 Å². The van der Waals surface area contributed by atoms with E-state index in [4.69, 9.17) is 11.6 Å². The van der Waals surface area contributed by atoms with Crippen molar-refractivity contribution in [1.82, 2.24) is 14.9 Å². The highest BCUT2D eigenvalue weighted by molar-refractivity contribution is 7.89. The molecule has 7 nitrogen and oxygen atoms in total. The monoisotopic (exact) mass is 521 g/mol. The Morgan fingerprint density at radius 3 is 2.17 bits per heavy atom. The third-order valence-corrected chi connectivity index (χ3v) is 8.85. The molecule has 1 aliphatic carbocycles. The Labute approximate surface area is 210 Å². The number of halogens is 2. The highest BCUT2D eigenvalue weighted by Crippen LogP contribution is 2.26. The fraction of sp³-hybridized carbons (Fsp3) is 0.440. The molecule has 2 amide bonds. The van der Waals surface area contributed by atoms with Gasteiger partial charge in [0.2, 0.25) is 15.9 Å². The SMILES string of the molecule is O=C(N[C@@H]1CCCC[C@H]1NC(=O)[C@H]1CCCN(S(=O)(=O)c2ccc(Cl)cc2)C1)c1ccc(F)cc1. The molecule has 1 aliphatic heterocycles. The minimum absolute atomic E-state index is 0.107. The molecule has 10 heteroatoms. The van der Waals surface area contributed by atoms with Crippen LogP contribution in [0.2, 0.25) is 5.02 Å². The molecule has 2 aromatic rings. The number of hydrogen-bond acceptors (Lipinski definition) is 4. The second kappa shape index (κ2) is 11.1. The molecule has 2 N–H and O–H groups in total. The summed E-state index contributed by atoms with van der Waals surface area (Å²) in [4.78, 5) is 25.9. The Morgan fingerprint density at radius 2 is 1.51 bits per heavy atom. The third kappa shape index (κ3) is 6.20. The first-order valence-electron chi connectivity index (χ1n) is 11.9. The molecule has 0 bridgehead atoms. The zero-order valence-electron chi connectivity index (χ0n) is 19.3. The van der Waals surface area contributed by atoms with Gasteiger partial charge in [-0.25, -0.2) is 12.8 Å². The molecule has 188 valence electrons. The summed E-state index contributed by atoms with van der Waals surface area (Å²) in [5, 5.41) is 6.50. The van der Waals surface area contributed by atoms with Crippen molar-refractivity contribution in [2.24, 2.45) is 5.92 Å². The van der Waals surface area contributed by atoms with E-state index in [0.29, 0.717) is 30.0 Å². The van der Waals surface area contributed by atoms with Gasteiger partial charge in [0.15, 0.2) is 0 Å². The normalized spacial score (nSPS) is 23.4. The second-order valence-corrected chi connectivity index (χ2v) is 11.5. The summed E-state index contributed by atoms with van der Waals surface area (Å²) in [6.45, 7) is 0.463. The summed E-state index contributed by atoms with van der Waals surface area (Å²) in [7, 11) is -3.73. The highest BCUT2D eigenvalue weighted by atomic mass is 35.5. The van der Waals surface area contributed by atoms with E-state index in [0.717, 1.165) is 25.7 Å². The van der Waals surface area contributed by atoms with E-state index in [-0.39, 0.29) is 35.3 Å². The molecule has 2 aromatic carbocycles. The largest absolute Gasteiger partial charge is 0.351 e. The van der Waals surface area contributed by atoms with Gasteiger partial charge in [-0.15, -0.1) is 0 Å². The molecule has 35 heavy (non-hydrogen) atoms. The first-order chi connectivity index (χ1) is 16.7. The van der Waals surface area contributed by atoms with Gasteiger partial charge >= 0.3 is 0 Å². The van der Waals surface area contributed by atoms with E-state index in [2.05, 4.69) is 10.6 Å². The molecule has 2 aliphatic rings. The first kappa shape index (κ1) is 25.6. The number of piperidine rings is 1. The predicted molar refractivity (Wildman–Crippen MR) is 131 cm³/mol. The highest BCUT2D eigenvalue weighted by Gasteiger charge is 2.35. The zero-order valence-corrected chi connectivity index (χ0v) is 20.8. The number of nitrogens with one attached hydrogen (secondary N) is 2. The van der Waals surface area contributed by atoms with Crippen molar-refractivity contribution in [3.05, 3.63) is 64.9 Å². The van der Waals surface area contributed by atoms with Crippen molar-refractivity contribution in [2.75, 3.05) is 13.1 Å². The Morgan fingerprint density at radius 1 is 0.886 bits per heavy atom. The van der Waals surface area contributed by atoms with E-state index in [1.54, 1.807) is 0 Å². The summed E-state index contributed by atoms with van der Waals surface area (Å²) < 4.78 is 40.7. The van der Waals surface area contributed by atoms with Crippen LogP contribution in [0, 0.1) is 11.7 Å². The lowest BCUT2D eigenvalue weighted by molar-refractivity contribution is -0.127. The molecule has 0 aromatic heterocycles. The van der Waals surface area contributed by atoms with Gasteiger partial charge in [-0.05, 0) is 74.2 Å². The number of hydrogen-bond donors (Lipinski definition) is 2. The van der Waals surface area contributed by atoms with E-state index < -0.39 is 21.8 Å². The summed E-state index contributed by atoms with van der Waals surface area (Å²) in [6.07, 6.45) is 4.48. The first-order valence-corrected chi connectivity index (χ1v) is 13.7. The van der Waals surface area contributed by atoms with Crippen LogP contribution in [0.1, 0.15) is 48.9 Å². The van der Waals surface area contributed by atoms with Gasteiger partial charge in [0.1, 0.15) is 5.82 Å². The lowest BCUT2D eigenvalue weighted by atomic mass is 9.89. The summed E-state index contributed by atoms with van der Waals surface area (Å²) in [6, 6.07) is 10.8. The maximum Gasteiger partial charge on any atom is 0.251 e. The van der Waals surface area contributed by atoms with Crippen LogP contribution in [0.4, 0.5) is 4.39 Å². The van der Waals surface area contributed by atoms with Crippen molar-refractivity contribution >= 4 is 33.4 Å². The Hall–Kier alpha value is -2.49. The van der Waals surface area contributed by atoms with Gasteiger partial charge in [0.25, 0.3) is 5.91 Å². The van der Waals surface area contributed by atoms with Crippen molar-refractivity contribution in [3.8, 4) is 0 Å².